The number of fused-ring (bicyclic) bond motifs is 1. The average Bonchev–Trinajstić information content (AvgIpc) is 2.85. The summed E-state index contributed by atoms with van der Waals surface area (Å²) >= 11 is 1.22. The van der Waals surface area contributed by atoms with Crippen LogP contribution in [0.5, 0.6) is 0 Å². The molecular formula is C13H8F2N2O2S. The Labute approximate surface area is 115 Å². The molecule has 2 aromatic heterocycles. The van der Waals surface area contributed by atoms with Gasteiger partial charge in [0.05, 0.1) is 12.1 Å². The Kier molecular flexibility index (Phi) is 2.98. The smallest absolute Gasteiger partial charge is 0.308 e. The summed E-state index contributed by atoms with van der Waals surface area (Å²) in [5.41, 5.74) is 0.595. The summed E-state index contributed by atoms with van der Waals surface area (Å²) in [4.78, 5) is 16.1. The molecule has 3 aromatic rings. The highest BCUT2D eigenvalue weighted by Gasteiger charge is 2.13. The van der Waals surface area contributed by atoms with Crippen LogP contribution in [0.15, 0.2) is 30.6 Å². The van der Waals surface area contributed by atoms with Gasteiger partial charge in [0.1, 0.15) is 11.6 Å². The van der Waals surface area contributed by atoms with Crippen molar-refractivity contribution >= 4 is 22.3 Å². The minimum absolute atomic E-state index is 0.0751. The Hall–Kier alpha value is -2.28. The summed E-state index contributed by atoms with van der Waals surface area (Å²) < 4.78 is 28.2. The molecular weight excluding hydrogens is 286 g/mol. The van der Waals surface area contributed by atoms with Crippen molar-refractivity contribution in [3.63, 3.8) is 0 Å². The van der Waals surface area contributed by atoms with Gasteiger partial charge in [-0.1, -0.05) is 0 Å². The van der Waals surface area contributed by atoms with Crippen LogP contribution in [-0.4, -0.2) is 20.5 Å². The summed E-state index contributed by atoms with van der Waals surface area (Å²) in [6, 6.07) is 3.30. The lowest BCUT2D eigenvalue weighted by Crippen LogP contribution is -1.97. The van der Waals surface area contributed by atoms with Gasteiger partial charge in [0, 0.05) is 28.9 Å². The number of nitrogens with zero attached hydrogens (tertiary/aromatic N) is 2. The monoisotopic (exact) mass is 294 g/mol. The molecule has 0 saturated heterocycles. The van der Waals surface area contributed by atoms with E-state index in [1.165, 1.54) is 23.5 Å². The normalized spacial score (nSPS) is 11.1. The maximum absolute atomic E-state index is 13.7. The number of carboxylic acids is 1. The number of hydrogen-bond acceptors (Lipinski definition) is 3. The molecule has 4 nitrogen and oxygen atoms in total. The molecule has 0 spiro atoms. The van der Waals surface area contributed by atoms with Crippen molar-refractivity contribution < 1.29 is 18.7 Å². The van der Waals surface area contributed by atoms with Gasteiger partial charge in [0.2, 0.25) is 0 Å². The van der Waals surface area contributed by atoms with E-state index in [0.717, 1.165) is 6.07 Å². The maximum Gasteiger partial charge on any atom is 0.308 e. The third kappa shape index (κ3) is 2.27. The van der Waals surface area contributed by atoms with E-state index in [4.69, 9.17) is 5.11 Å². The van der Waals surface area contributed by atoms with E-state index in [2.05, 4.69) is 4.98 Å². The quantitative estimate of drug-likeness (QED) is 0.808. The van der Waals surface area contributed by atoms with Crippen LogP contribution in [0.1, 0.15) is 4.88 Å². The summed E-state index contributed by atoms with van der Waals surface area (Å²) in [7, 11) is 0. The molecule has 0 saturated carbocycles. The van der Waals surface area contributed by atoms with Gasteiger partial charge < -0.3 is 5.11 Å². The van der Waals surface area contributed by atoms with Crippen LogP contribution in [0.2, 0.25) is 0 Å². The fourth-order valence-electron chi connectivity index (χ4n) is 1.90. The fraction of sp³-hybridized carbons (Fsp3) is 0.0769. The van der Waals surface area contributed by atoms with Crippen molar-refractivity contribution in [1.82, 2.24) is 9.38 Å². The molecule has 0 aliphatic rings. The Morgan fingerprint density at radius 3 is 2.80 bits per heavy atom. The highest BCUT2D eigenvalue weighted by molar-refractivity contribution is 7.17. The zero-order valence-corrected chi connectivity index (χ0v) is 10.8. The lowest BCUT2D eigenvalue weighted by Gasteiger charge is -1.98. The number of imidazole rings is 1. The molecule has 1 aromatic carbocycles. The first kappa shape index (κ1) is 12.7. The van der Waals surface area contributed by atoms with Crippen molar-refractivity contribution in [2.45, 2.75) is 6.42 Å². The van der Waals surface area contributed by atoms with Gasteiger partial charge in [-0.25, -0.2) is 13.8 Å². The molecule has 0 aliphatic carbocycles. The number of aliphatic carboxylic acids is 1. The number of halogens is 2. The van der Waals surface area contributed by atoms with Gasteiger partial charge in [0.25, 0.3) is 0 Å². The Bertz CT molecular complexity index is 778. The van der Waals surface area contributed by atoms with Crippen molar-refractivity contribution in [2.24, 2.45) is 0 Å². The lowest BCUT2D eigenvalue weighted by molar-refractivity contribution is -0.136. The van der Waals surface area contributed by atoms with Crippen LogP contribution in [0.4, 0.5) is 8.78 Å². The molecule has 7 heteroatoms. The third-order valence-electron chi connectivity index (χ3n) is 2.74. The largest absolute Gasteiger partial charge is 0.481 e. The predicted octanol–water partition coefficient (Wildman–Crippen LogP) is 2.97. The van der Waals surface area contributed by atoms with Gasteiger partial charge in [-0.3, -0.25) is 9.20 Å². The van der Waals surface area contributed by atoms with Crippen molar-refractivity contribution in [3.8, 4) is 11.3 Å². The molecule has 0 amide bonds. The topological polar surface area (TPSA) is 54.6 Å². The zero-order valence-electron chi connectivity index (χ0n) is 10.0. The first-order valence-corrected chi connectivity index (χ1v) is 6.49. The van der Waals surface area contributed by atoms with Crippen LogP contribution in [0.25, 0.3) is 16.2 Å². The fourth-order valence-corrected chi connectivity index (χ4v) is 2.85. The molecule has 2 heterocycles. The van der Waals surface area contributed by atoms with E-state index in [0.29, 0.717) is 15.5 Å². The van der Waals surface area contributed by atoms with E-state index >= 15 is 0 Å². The van der Waals surface area contributed by atoms with E-state index in [1.807, 2.05) is 0 Å². The predicted molar refractivity (Wildman–Crippen MR) is 69.8 cm³/mol. The van der Waals surface area contributed by atoms with Crippen LogP contribution in [-0.2, 0) is 11.2 Å². The second-order valence-electron chi connectivity index (χ2n) is 4.21. The molecule has 0 bridgehead atoms. The molecule has 0 fully saturated rings. The van der Waals surface area contributed by atoms with Gasteiger partial charge in [-0.2, -0.15) is 0 Å². The van der Waals surface area contributed by atoms with Crippen LogP contribution in [0, 0.1) is 11.6 Å². The molecule has 0 unspecified atom stereocenters. The van der Waals surface area contributed by atoms with E-state index in [-0.39, 0.29) is 12.0 Å². The summed E-state index contributed by atoms with van der Waals surface area (Å²) in [5.74, 6) is -2.24. The van der Waals surface area contributed by atoms with E-state index in [1.54, 1.807) is 16.8 Å². The Morgan fingerprint density at radius 2 is 2.15 bits per heavy atom. The first-order chi connectivity index (χ1) is 9.52. The van der Waals surface area contributed by atoms with Crippen LogP contribution in [0.3, 0.4) is 0 Å². The first-order valence-electron chi connectivity index (χ1n) is 5.67. The van der Waals surface area contributed by atoms with Gasteiger partial charge >= 0.3 is 5.97 Å². The third-order valence-corrected chi connectivity index (χ3v) is 3.73. The number of hydrogen-bond donors (Lipinski definition) is 1. The standard InChI is InChI=1S/C13H8F2N2O2S/c14-7-1-2-9(10(15)3-7)11-6-17-5-8(4-12(18)19)20-13(17)16-11/h1-3,5-6H,4H2,(H,18,19). The molecule has 0 atom stereocenters. The van der Waals surface area contributed by atoms with Crippen molar-refractivity contribution in [3.05, 3.63) is 47.1 Å². The molecule has 1 N–H and O–H groups in total. The summed E-state index contributed by atoms with van der Waals surface area (Å²) in [6.45, 7) is 0. The molecule has 20 heavy (non-hydrogen) atoms. The van der Waals surface area contributed by atoms with Gasteiger partial charge in [0.15, 0.2) is 4.96 Å². The second kappa shape index (κ2) is 4.68. The van der Waals surface area contributed by atoms with E-state index in [9.17, 15) is 13.6 Å². The number of carboxylic acid groups (broad SMARTS) is 1. The van der Waals surface area contributed by atoms with Crippen molar-refractivity contribution in [2.75, 3.05) is 0 Å². The number of benzene rings is 1. The minimum Gasteiger partial charge on any atom is -0.481 e. The zero-order chi connectivity index (χ0) is 14.3. The molecule has 0 radical (unpaired) electrons. The summed E-state index contributed by atoms with van der Waals surface area (Å²) in [6.07, 6.45) is 3.16. The molecule has 0 aliphatic heterocycles. The number of carbonyl (C=O) groups is 1. The highest BCUT2D eigenvalue weighted by Crippen LogP contribution is 2.26. The average molecular weight is 294 g/mol. The Balaban J connectivity index is 2.01. The SMILES string of the molecule is O=C(O)Cc1cn2cc(-c3ccc(F)cc3F)nc2s1. The van der Waals surface area contributed by atoms with Crippen LogP contribution >= 0.6 is 11.3 Å². The Morgan fingerprint density at radius 1 is 1.35 bits per heavy atom. The molecule has 102 valence electrons. The number of thiazole rings is 1. The maximum atomic E-state index is 13.7. The summed E-state index contributed by atoms with van der Waals surface area (Å²) in [5, 5.41) is 8.72. The van der Waals surface area contributed by atoms with Crippen molar-refractivity contribution in [1.29, 1.82) is 0 Å². The minimum atomic E-state index is -0.917. The highest BCUT2D eigenvalue weighted by atomic mass is 32.1. The number of aromatic nitrogens is 2. The number of rotatable bonds is 3. The van der Waals surface area contributed by atoms with Gasteiger partial charge in [-0.05, 0) is 12.1 Å². The van der Waals surface area contributed by atoms with Crippen LogP contribution < -0.4 is 0 Å². The lowest BCUT2D eigenvalue weighted by atomic mass is 10.1. The van der Waals surface area contributed by atoms with Gasteiger partial charge in [-0.15, -0.1) is 11.3 Å². The van der Waals surface area contributed by atoms with E-state index < -0.39 is 17.6 Å². The molecule has 3 rings (SSSR count). The second-order valence-corrected chi connectivity index (χ2v) is 5.30.